The number of ketones is 1. The van der Waals surface area contributed by atoms with E-state index in [0.717, 1.165) is 18.6 Å². The molecule has 0 bridgehead atoms. The van der Waals surface area contributed by atoms with Gasteiger partial charge in [0.05, 0.1) is 7.11 Å². The smallest absolute Gasteiger partial charge is 0.132 e. The van der Waals surface area contributed by atoms with E-state index in [0.29, 0.717) is 18.6 Å². The van der Waals surface area contributed by atoms with Crippen molar-refractivity contribution < 1.29 is 9.53 Å². The van der Waals surface area contributed by atoms with Crippen molar-refractivity contribution in [1.82, 2.24) is 0 Å². The number of methoxy groups -OCH3 is 1. The van der Waals surface area contributed by atoms with E-state index in [1.165, 1.54) is 11.1 Å². The van der Waals surface area contributed by atoms with E-state index in [2.05, 4.69) is 13.0 Å². The van der Waals surface area contributed by atoms with Gasteiger partial charge in [0.2, 0.25) is 0 Å². The fraction of sp³-hybridized carbons (Fsp3) is 0.500. The molecule has 0 aliphatic carbocycles. The molecule has 0 N–H and O–H groups in total. The van der Waals surface area contributed by atoms with Crippen molar-refractivity contribution in [2.24, 2.45) is 0 Å². The molecule has 0 aliphatic rings. The Balaban J connectivity index is 2.71. The van der Waals surface area contributed by atoms with Crippen LogP contribution in [-0.2, 0) is 17.6 Å². The monoisotopic (exact) mass is 220 g/mol. The minimum atomic E-state index is 0.328. The molecule has 0 radical (unpaired) electrons. The molecule has 0 aromatic heterocycles. The molecule has 16 heavy (non-hydrogen) atoms. The molecule has 0 heterocycles. The molecule has 1 aromatic rings. The molecule has 1 aromatic carbocycles. The number of benzene rings is 1. The highest BCUT2D eigenvalue weighted by molar-refractivity contribution is 5.78. The Hall–Kier alpha value is -1.31. The van der Waals surface area contributed by atoms with E-state index in [9.17, 15) is 4.79 Å². The van der Waals surface area contributed by atoms with Crippen molar-refractivity contribution in [3.05, 3.63) is 29.3 Å². The zero-order valence-electron chi connectivity index (χ0n) is 10.4. The molecule has 0 spiro atoms. The molecule has 0 fully saturated rings. The van der Waals surface area contributed by atoms with Crippen LogP contribution in [0.15, 0.2) is 18.2 Å². The molecule has 88 valence electrons. The molecule has 0 amide bonds. The van der Waals surface area contributed by atoms with E-state index in [-0.39, 0.29) is 0 Å². The minimum Gasteiger partial charge on any atom is -0.496 e. The quantitative estimate of drug-likeness (QED) is 0.736. The standard InChI is InChI=1S/C14H20O2/c1-4-12-10-11(6-8-13(15)5-2)7-9-14(12)16-3/h7,9-10H,4-6,8H2,1-3H3. The van der Waals surface area contributed by atoms with Gasteiger partial charge in [-0.1, -0.05) is 26.0 Å². The molecule has 2 nitrogen and oxygen atoms in total. The predicted octanol–water partition coefficient (Wildman–Crippen LogP) is 3.17. The van der Waals surface area contributed by atoms with Crippen LogP contribution in [0, 0.1) is 0 Å². The van der Waals surface area contributed by atoms with Crippen LogP contribution in [0.1, 0.15) is 37.8 Å². The number of Topliss-reactive ketones (excluding diaryl/α,β-unsaturated/α-hetero) is 1. The lowest BCUT2D eigenvalue weighted by atomic mass is 10.0. The van der Waals surface area contributed by atoms with Crippen molar-refractivity contribution in [2.75, 3.05) is 7.11 Å². The molecular formula is C14H20O2. The fourth-order valence-corrected chi connectivity index (χ4v) is 1.72. The largest absolute Gasteiger partial charge is 0.496 e. The van der Waals surface area contributed by atoms with Gasteiger partial charge in [0, 0.05) is 12.8 Å². The first-order valence-corrected chi connectivity index (χ1v) is 5.88. The molecule has 1 rings (SSSR count). The Morgan fingerprint density at radius 3 is 2.62 bits per heavy atom. The van der Waals surface area contributed by atoms with Crippen LogP contribution in [0.2, 0.25) is 0 Å². The molecule has 0 unspecified atom stereocenters. The van der Waals surface area contributed by atoms with Gasteiger partial charge in [0.25, 0.3) is 0 Å². The highest BCUT2D eigenvalue weighted by Crippen LogP contribution is 2.21. The summed E-state index contributed by atoms with van der Waals surface area (Å²) in [5.41, 5.74) is 2.43. The van der Waals surface area contributed by atoms with Crippen LogP contribution in [0.5, 0.6) is 5.75 Å². The molecule has 0 saturated heterocycles. The summed E-state index contributed by atoms with van der Waals surface area (Å²) < 4.78 is 5.27. The first-order valence-electron chi connectivity index (χ1n) is 5.88. The summed E-state index contributed by atoms with van der Waals surface area (Å²) in [5, 5.41) is 0. The van der Waals surface area contributed by atoms with Gasteiger partial charge in [-0.25, -0.2) is 0 Å². The second kappa shape index (κ2) is 6.31. The molecular weight excluding hydrogens is 200 g/mol. The normalized spacial score (nSPS) is 10.2. The Morgan fingerprint density at radius 1 is 1.31 bits per heavy atom. The summed E-state index contributed by atoms with van der Waals surface area (Å²) in [5.74, 6) is 1.27. The summed E-state index contributed by atoms with van der Waals surface area (Å²) in [6.45, 7) is 4.02. The average molecular weight is 220 g/mol. The lowest BCUT2D eigenvalue weighted by Gasteiger charge is -2.08. The van der Waals surface area contributed by atoms with Crippen molar-refractivity contribution in [1.29, 1.82) is 0 Å². The number of carbonyl (C=O) groups is 1. The third-order valence-electron chi connectivity index (χ3n) is 2.81. The molecule has 0 saturated carbocycles. The summed E-state index contributed by atoms with van der Waals surface area (Å²) in [4.78, 5) is 11.2. The van der Waals surface area contributed by atoms with Crippen LogP contribution in [0.4, 0.5) is 0 Å². The second-order valence-corrected chi connectivity index (χ2v) is 3.89. The van der Waals surface area contributed by atoms with Crippen molar-refractivity contribution >= 4 is 5.78 Å². The lowest BCUT2D eigenvalue weighted by Crippen LogP contribution is -1.99. The van der Waals surface area contributed by atoms with E-state index in [4.69, 9.17) is 4.74 Å². The Morgan fingerprint density at radius 2 is 2.06 bits per heavy atom. The Labute approximate surface area is 97.6 Å². The van der Waals surface area contributed by atoms with Crippen molar-refractivity contribution in [2.45, 2.75) is 39.5 Å². The number of rotatable bonds is 6. The number of hydrogen-bond acceptors (Lipinski definition) is 2. The average Bonchev–Trinajstić information content (AvgIpc) is 2.35. The van der Waals surface area contributed by atoms with Gasteiger partial charge in [0.15, 0.2) is 0 Å². The third kappa shape index (κ3) is 3.37. The minimum absolute atomic E-state index is 0.328. The van der Waals surface area contributed by atoms with Gasteiger partial charge in [-0.2, -0.15) is 0 Å². The highest BCUT2D eigenvalue weighted by atomic mass is 16.5. The summed E-state index contributed by atoms with van der Waals surface area (Å²) >= 11 is 0. The zero-order chi connectivity index (χ0) is 12.0. The molecule has 0 atom stereocenters. The predicted molar refractivity (Wildman–Crippen MR) is 66.0 cm³/mol. The number of ether oxygens (including phenoxy) is 1. The lowest BCUT2D eigenvalue weighted by molar-refractivity contribution is -0.118. The third-order valence-corrected chi connectivity index (χ3v) is 2.81. The maximum atomic E-state index is 11.2. The summed E-state index contributed by atoms with van der Waals surface area (Å²) in [6.07, 6.45) is 3.07. The number of hydrogen-bond donors (Lipinski definition) is 0. The first-order chi connectivity index (χ1) is 7.71. The van der Waals surface area contributed by atoms with Crippen LogP contribution in [0.3, 0.4) is 0 Å². The fourth-order valence-electron chi connectivity index (χ4n) is 1.72. The van der Waals surface area contributed by atoms with Crippen LogP contribution < -0.4 is 4.74 Å². The maximum Gasteiger partial charge on any atom is 0.132 e. The van der Waals surface area contributed by atoms with E-state index >= 15 is 0 Å². The Kier molecular flexibility index (Phi) is 5.03. The van der Waals surface area contributed by atoms with Crippen molar-refractivity contribution in [3.8, 4) is 5.75 Å². The number of aryl methyl sites for hydroxylation is 2. The highest BCUT2D eigenvalue weighted by Gasteiger charge is 2.04. The first kappa shape index (κ1) is 12.8. The van der Waals surface area contributed by atoms with Crippen molar-refractivity contribution in [3.63, 3.8) is 0 Å². The van der Waals surface area contributed by atoms with Crippen LogP contribution in [-0.4, -0.2) is 12.9 Å². The molecule has 0 aliphatic heterocycles. The van der Waals surface area contributed by atoms with Gasteiger partial charge in [0.1, 0.15) is 11.5 Å². The van der Waals surface area contributed by atoms with E-state index in [1.807, 2.05) is 19.1 Å². The topological polar surface area (TPSA) is 26.3 Å². The number of carbonyl (C=O) groups excluding carboxylic acids is 1. The molecule has 2 heteroatoms. The zero-order valence-corrected chi connectivity index (χ0v) is 10.4. The van der Waals surface area contributed by atoms with Crippen LogP contribution >= 0.6 is 0 Å². The van der Waals surface area contributed by atoms with Crippen LogP contribution in [0.25, 0.3) is 0 Å². The summed E-state index contributed by atoms with van der Waals surface area (Å²) in [6, 6.07) is 6.17. The van der Waals surface area contributed by atoms with E-state index in [1.54, 1.807) is 7.11 Å². The summed E-state index contributed by atoms with van der Waals surface area (Å²) in [7, 11) is 1.69. The van der Waals surface area contributed by atoms with Gasteiger partial charge in [-0.15, -0.1) is 0 Å². The van der Waals surface area contributed by atoms with Gasteiger partial charge in [-0.05, 0) is 30.0 Å². The SMILES string of the molecule is CCC(=O)CCc1ccc(OC)c(CC)c1. The van der Waals surface area contributed by atoms with Gasteiger partial charge >= 0.3 is 0 Å². The van der Waals surface area contributed by atoms with Gasteiger partial charge in [-0.3, -0.25) is 4.79 Å². The second-order valence-electron chi connectivity index (χ2n) is 3.89. The van der Waals surface area contributed by atoms with Gasteiger partial charge < -0.3 is 4.74 Å². The Bertz CT molecular complexity index is 356. The maximum absolute atomic E-state index is 11.2. The van der Waals surface area contributed by atoms with E-state index < -0.39 is 0 Å².